The van der Waals surface area contributed by atoms with Crippen LogP contribution in [0.5, 0.6) is 0 Å². The van der Waals surface area contributed by atoms with Crippen molar-refractivity contribution in [3.05, 3.63) is 0 Å². The summed E-state index contributed by atoms with van der Waals surface area (Å²) in [4.78, 5) is 0. The second-order valence-electron chi connectivity index (χ2n) is 2.78. The maximum Gasteiger partial charge on any atom is 0.182 e. The molecule has 4 N–H and O–H groups in total. The topological polar surface area (TPSA) is 59.3 Å². The first kappa shape index (κ1) is 8.70. The zero-order valence-electron chi connectivity index (χ0n) is 6.52. The van der Waals surface area contributed by atoms with Crippen LogP contribution < -0.4 is 16.6 Å². The summed E-state index contributed by atoms with van der Waals surface area (Å²) in [6.07, 6.45) is 2.03. The molecule has 0 aromatic carbocycles. The molecule has 0 saturated carbocycles. The van der Waals surface area contributed by atoms with Crippen LogP contribution in [-0.4, -0.2) is 17.4 Å². The van der Waals surface area contributed by atoms with Gasteiger partial charge in [-0.2, -0.15) is 0 Å². The van der Waals surface area contributed by atoms with Gasteiger partial charge in [-0.3, -0.25) is 0 Å². The summed E-state index contributed by atoms with van der Waals surface area (Å²) in [6.45, 7) is 2.75. The van der Waals surface area contributed by atoms with E-state index >= 15 is 0 Å². The molecular weight excluding hydrogens is 162 g/mol. The summed E-state index contributed by atoms with van der Waals surface area (Å²) < 4.78 is 5.42. The van der Waals surface area contributed by atoms with Crippen LogP contribution in [0.4, 0.5) is 0 Å². The van der Waals surface area contributed by atoms with Crippen LogP contribution in [0, 0.1) is 0 Å². The Bertz CT molecular complexity index is 156. The summed E-state index contributed by atoms with van der Waals surface area (Å²) in [5.41, 5.74) is 2.04. The fourth-order valence-electron chi connectivity index (χ4n) is 1.15. The molecule has 1 fully saturated rings. The van der Waals surface area contributed by atoms with Gasteiger partial charge in [-0.15, -0.1) is 0 Å². The minimum Gasteiger partial charge on any atom is -0.356 e. The molecule has 0 amide bonds. The van der Waals surface area contributed by atoms with Gasteiger partial charge in [-0.05, 0) is 32.0 Å². The first-order chi connectivity index (χ1) is 5.16. The average molecular weight is 175 g/mol. The third-order valence-corrected chi connectivity index (χ3v) is 1.95. The van der Waals surface area contributed by atoms with E-state index in [9.17, 15) is 0 Å². The number of nitrogens with two attached hydrogens (primary N) is 1. The van der Waals surface area contributed by atoms with Gasteiger partial charge >= 0.3 is 0 Å². The molecule has 1 aliphatic heterocycles. The van der Waals surface area contributed by atoms with Crippen LogP contribution in [-0.2, 0) is 4.74 Å². The monoisotopic (exact) mass is 175 g/mol. The fourth-order valence-corrected chi connectivity index (χ4v) is 1.37. The summed E-state index contributed by atoms with van der Waals surface area (Å²) in [5, 5.41) is 3.40. The molecule has 4 nitrogen and oxygen atoms in total. The highest BCUT2D eigenvalue weighted by molar-refractivity contribution is 7.80. The smallest absolute Gasteiger partial charge is 0.182 e. The summed E-state index contributed by atoms with van der Waals surface area (Å²) in [5.74, 6) is 5.10. The Hall–Kier alpha value is -0.390. The zero-order chi connectivity index (χ0) is 8.32. The molecule has 0 aliphatic carbocycles. The Morgan fingerprint density at radius 3 is 2.91 bits per heavy atom. The molecule has 0 spiro atoms. The molecule has 64 valence electrons. The number of ether oxygens (including phenoxy) is 1. The van der Waals surface area contributed by atoms with E-state index in [1.54, 1.807) is 0 Å². The average Bonchev–Trinajstić information content (AvgIpc) is 2.36. The van der Waals surface area contributed by atoms with Crippen LogP contribution in [0.15, 0.2) is 0 Å². The van der Waals surface area contributed by atoms with Gasteiger partial charge in [0.25, 0.3) is 0 Å². The lowest BCUT2D eigenvalue weighted by Crippen LogP contribution is -2.51. The van der Waals surface area contributed by atoms with E-state index < -0.39 is 0 Å². The molecule has 11 heavy (non-hydrogen) atoms. The standard InChI is InChI=1S/C6H13N3OS/c1-6(3-2-4-10-6)8-5(11)9-7/h2-4,7H2,1H3,(H2,8,9,11)/t6-/m0/s1. The molecule has 0 bridgehead atoms. The quantitative estimate of drug-likeness (QED) is 0.294. The fraction of sp³-hybridized carbons (Fsp3) is 0.833. The molecule has 1 saturated heterocycles. The highest BCUT2D eigenvalue weighted by Crippen LogP contribution is 2.21. The SMILES string of the molecule is C[C@@]1(NC(=S)NN)CCCO1. The normalized spacial score (nSPS) is 30.0. The molecule has 1 rings (SSSR count). The minimum absolute atomic E-state index is 0.316. The maximum absolute atomic E-state index is 5.42. The Balaban J connectivity index is 2.39. The van der Waals surface area contributed by atoms with Crippen molar-refractivity contribution in [2.24, 2.45) is 5.84 Å². The van der Waals surface area contributed by atoms with E-state index in [0.29, 0.717) is 5.11 Å². The number of rotatable bonds is 1. The van der Waals surface area contributed by atoms with Crippen molar-refractivity contribution in [3.8, 4) is 0 Å². The Morgan fingerprint density at radius 2 is 2.45 bits per heavy atom. The van der Waals surface area contributed by atoms with Crippen molar-refractivity contribution in [1.82, 2.24) is 10.7 Å². The molecule has 5 heteroatoms. The van der Waals surface area contributed by atoms with Gasteiger partial charge in [0.15, 0.2) is 5.11 Å². The van der Waals surface area contributed by atoms with E-state index in [2.05, 4.69) is 10.7 Å². The highest BCUT2D eigenvalue weighted by atomic mass is 32.1. The third kappa shape index (κ3) is 2.28. The highest BCUT2D eigenvalue weighted by Gasteiger charge is 2.29. The van der Waals surface area contributed by atoms with Crippen LogP contribution in [0.1, 0.15) is 19.8 Å². The Labute approximate surface area is 71.4 Å². The number of hydrazine groups is 1. The predicted octanol–water partition coefficient (Wildman–Crippen LogP) is -0.149. The van der Waals surface area contributed by atoms with Gasteiger partial charge in [-0.25, -0.2) is 5.84 Å². The van der Waals surface area contributed by atoms with Gasteiger partial charge in [0, 0.05) is 6.61 Å². The van der Waals surface area contributed by atoms with E-state index in [-0.39, 0.29) is 5.72 Å². The molecule has 0 radical (unpaired) electrons. The molecule has 0 aromatic heterocycles. The molecule has 1 atom stereocenters. The predicted molar refractivity (Wildman–Crippen MR) is 46.6 cm³/mol. The van der Waals surface area contributed by atoms with Crippen LogP contribution in [0.2, 0.25) is 0 Å². The molecule has 0 unspecified atom stereocenters. The first-order valence-corrected chi connectivity index (χ1v) is 4.00. The van der Waals surface area contributed by atoms with Crippen LogP contribution >= 0.6 is 12.2 Å². The molecule has 1 aliphatic rings. The van der Waals surface area contributed by atoms with Crippen molar-refractivity contribution in [2.75, 3.05) is 6.61 Å². The van der Waals surface area contributed by atoms with Crippen molar-refractivity contribution in [1.29, 1.82) is 0 Å². The first-order valence-electron chi connectivity index (χ1n) is 3.59. The Morgan fingerprint density at radius 1 is 1.73 bits per heavy atom. The number of thiocarbonyl (C=S) groups is 1. The van der Waals surface area contributed by atoms with Gasteiger partial charge < -0.3 is 15.5 Å². The van der Waals surface area contributed by atoms with Crippen molar-refractivity contribution in [2.45, 2.75) is 25.5 Å². The summed E-state index contributed by atoms with van der Waals surface area (Å²) in [7, 11) is 0. The van der Waals surface area contributed by atoms with Crippen LogP contribution in [0.3, 0.4) is 0 Å². The number of nitrogens with one attached hydrogen (secondary N) is 2. The van der Waals surface area contributed by atoms with Crippen LogP contribution in [0.25, 0.3) is 0 Å². The lowest BCUT2D eigenvalue weighted by Gasteiger charge is -2.25. The largest absolute Gasteiger partial charge is 0.356 e. The van der Waals surface area contributed by atoms with Gasteiger partial charge in [-0.1, -0.05) is 0 Å². The lowest BCUT2D eigenvalue weighted by atomic mass is 10.2. The number of hydrogen-bond donors (Lipinski definition) is 3. The van der Waals surface area contributed by atoms with E-state index in [4.69, 9.17) is 22.8 Å². The van der Waals surface area contributed by atoms with Gasteiger partial charge in [0.05, 0.1) is 0 Å². The van der Waals surface area contributed by atoms with Crippen molar-refractivity contribution >= 4 is 17.3 Å². The summed E-state index contributed by atoms with van der Waals surface area (Å²) in [6, 6.07) is 0. The maximum atomic E-state index is 5.42. The number of hydrogen-bond acceptors (Lipinski definition) is 3. The summed E-state index contributed by atoms with van der Waals surface area (Å²) >= 11 is 4.84. The lowest BCUT2D eigenvalue weighted by molar-refractivity contribution is 0.00757. The molecule has 1 heterocycles. The second kappa shape index (κ2) is 3.34. The third-order valence-electron chi connectivity index (χ3n) is 1.73. The minimum atomic E-state index is -0.316. The van der Waals surface area contributed by atoms with E-state index in [0.717, 1.165) is 19.4 Å². The molecular formula is C6H13N3OS. The van der Waals surface area contributed by atoms with Crippen molar-refractivity contribution in [3.63, 3.8) is 0 Å². The van der Waals surface area contributed by atoms with Gasteiger partial charge in [0.1, 0.15) is 5.72 Å². The second-order valence-corrected chi connectivity index (χ2v) is 3.19. The van der Waals surface area contributed by atoms with E-state index in [1.165, 1.54) is 0 Å². The zero-order valence-corrected chi connectivity index (χ0v) is 7.33. The van der Waals surface area contributed by atoms with Crippen molar-refractivity contribution < 1.29 is 4.74 Å². The Kier molecular flexibility index (Phi) is 2.64. The van der Waals surface area contributed by atoms with E-state index in [1.807, 2.05) is 6.92 Å². The molecule has 0 aromatic rings. The van der Waals surface area contributed by atoms with Gasteiger partial charge in [0.2, 0.25) is 0 Å².